The van der Waals surface area contributed by atoms with Gasteiger partial charge in [-0.2, -0.15) is 0 Å². The number of esters is 1. The van der Waals surface area contributed by atoms with Gasteiger partial charge in [0.05, 0.1) is 12.4 Å². The maximum absolute atomic E-state index is 12.1. The lowest BCUT2D eigenvalue weighted by Crippen LogP contribution is -2.37. The molecule has 0 aliphatic rings. The molecule has 0 atom stereocenters. The molecule has 0 amide bonds. The van der Waals surface area contributed by atoms with Gasteiger partial charge in [0, 0.05) is 14.1 Å². The number of aryl methyl sites for hydroxylation is 1. The predicted octanol–water partition coefficient (Wildman–Crippen LogP) is -0.615. The Labute approximate surface area is 114 Å². The number of fused-ring (bicyclic) bond motifs is 1. The number of imidazole rings is 1. The quantitative estimate of drug-likeness (QED) is 0.700. The lowest BCUT2D eigenvalue weighted by Gasteiger charge is -2.09. The fraction of sp³-hybridized carbons (Fsp3) is 0.500. The molecule has 0 spiro atoms. The molecular formula is C12H16N4O4. The summed E-state index contributed by atoms with van der Waals surface area (Å²) in [4.78, 5) is 39.6. The van der Waals surface area contributed by atoms with Crippen molar-refractivity contribution >= 4 is 17.1 Å². The molecule has 0 N–H and O–H groups in total. The topological polar surface area (TPSA) is 88.1 Å². The van der Waals surface area contributed by atoms with Crippen LogP contribution >= 0.6 is 0 Å². The van der Waals surface area contributed by atoms with Crippen molar-refractivity contribution in [3.8, 4) is 0 Å². The third-order valence-corrected chi connectivity index (χ3v) is 2.88. The number of rotatable bonds is 3. The lowest BCUT2D eigenvalue weighted by molar-refractivity contribution is -0.148. The Balaban J connectivity index is 2.55. The van der Waals surface area contributed by atoms with Crippen LogP contribution in [-0.2, 0) is 30.2 Å². The van der Waals surface area contributed by atoms with Crippen LogP contribution in [0.15, 0.2) is 15.9 Å². The summed E-state index contributed by atoms with van der Waals surface area (Å²) in [6, 6.07) is 0. The maximum Gasteiger partial charge on any atom is 0.332 e. The Morgan fingerprint density at radius 3 is 2.55 bits per heavy atom. The molecule has 0 aromatic carbocycles. The second kappa shape index (κ2) is 4.95. The van der Waals surface area contributed by atoms with Gasteiger partial charge >= 0.3 is 11.7 Å². The first-order chi connectivity index (χ1) is 9.32. The number of ether oxygens (including phenoxy) is 1. The summed E-state index contributed by atoms with van der Waals surface area (Å²) in [5, 5.41) is 0. The van der Waals surface area contributed by atoms with Gasteiger partial charge in [-0.15, -0.1) is 0 Å². The average Bonchev–Trinajstić information content (AvgIpc) is 2.76. The largest absolute Gasteiger partial charge is 0.462 e. The van der Waals surface area contributed by atoms with Crippen molar-refractivity contribution in [1.82, 2.24) is 18.7 Å². The van der Waals surface area contributed by atoms with Crippen LogP contribution < -0.4 is 11.2 Å². The van der Waals surface area contributed by atoms with E-state index in [0.717, 1.165) is 4.57 Å². The summed E-state index contributed by atoms with van der Waals surface area (Å²) < 4.78 is 8.67. The molecule has 0 fully saturated rings. The molecule has 8 heteroatoms. The number of nitrogens with zero attached hydrogens (tertiary/aromatic N) is 4. The van der Waals surface area contributed by atoms with E-state index >= 15 is 0 Å². The van der Waals surface area contributed by atoms with Crippen molar-refractivity contribution in [3.63, 3.8) is 0 Å². The molecule has 0 bridgehead atoms. The number of hydrogen-bond donors (Lipinski definition) is 0. The SMILES string of the molecule is CC(C)OC(=O)Cn1cnc2c1c(=O)n(C)c(=O)n2C. The summed E-state index contributed by atoms with van der Waals surface area (Å²) in [5.74, 6) is -0.463. The fourth-order valence-electron chi connectivity index (χ4n) is 1.96. The standard InChI is InChI=1S/C12H16N4O4/c1-7(2)20-8(17)5-16-6-13-10-9(16)11(18)15(4)12(19)14(10)3/h6-7H,5H2,1-4H3. The fourth-order valence-corrected chi connectivity index (χ4v) is 1.96. The van der Waals surface area contributed by atoms with Crippen LogP contribution in [0.25, 0.3) is 11.2 Å². The number of hydrogen-bond acceptors (Lipinski definition) is 5. The molecule has 0 saturated carbocycles. The summed E-state index contributed by atoms with van der Waals surface area (Å²) in [6.07, 6.45) is 1.12. The van der Waals surface area contributed by atoms with Gasteiger partial charge in [-0.25, -0.2) is 9.78 Å². The van der Waals surface area contributed by atoms with Crippen molar-refractivity contribution in [2.24, 2.45) is 14.1 Å². The van der Waals surface area contributed by atoms with Crippen molar-refractivity contribution in [2.45, 2.75) is 26.5 Å². The van der Waals surface area contributed by atoms with Crippen molar-refractivity contribution in [2.75, 3.05) is 0 Å². The number of aromatic nitrogens is 4. The van der Waals surface area contributed by atoms with Crippen LogP contribution in [0.3, 0.4) is 0 Å². The van der Waals surface area contributed by atoms with E-state index in [1.165, 1.54) is 29.6 Å². The monoisotopic (exact) mass is 280 g/mol. The normalized spacial score (nSPS) is 11.2. The molecule has 8 nitrogen and oxygen atoms in total. The summed E-state index contributed by atoms with van der Waals surface area (Å²) in [5.41, 5.74) is -0.499. The number of carbonyl (C=O) groups excluding carboxylic acids is 1. The van der Waals surface area contributed by atoms with E-state index in [-0.39, 0.29) is 23.8 Å². The van der Waals surface area contributed by atoms with Crippen molar-refractivity contribution < 1.29 is 9.53 Å². The zero-order valence-corrected chi connectivity index (χ0v) is 11.8. The third-order valence-electron chi connectivity index (χ3n) is 2.88. The molecule has 0 aliphatic carbocycles. The first-order valence-electron chi connectivity index (χ1n) is 6.13. The van der Waals surface area contributed by atoms with E-state index in [0.29, 0.717) is 0 Å². The molecule has 0 radical (unpaired) electrons. The third kappa shape index (κ3) is 2.24. The Kier molecular flexibility index (Phi) is 3.47. The minimum atomic E-state index is -0.488. The van der Waals surface area contributed by atoms with Crippen LogP contribution in [0.1, 0.15) is 13.8 Å². The van der Waals surface area contributed by atoms with Crippen LogP contribution in [0.4, 0.5) is 0 Å². The molecule has 2 aromatic rings. The highest BCUT2D eigenvalue weighted by Crippen LogP contribution is 2.06. The Bertz CT molecular complexity index is 781. The summed E-state index contributed by atoms with van der Waals surface area (Å²) >= 11 is 0. The van der Waals surface area contributed by atoms with Crippen molar-refractivity contribution in [3.05, 3.63) is 27.2 Å². The van der Waals surface area contributed by atoms with Gasteiger partial charge in [0.25, 0.3) is 5.56 Å². The highest BCUT2D eigenvalue weighted by molar-refractivity contribution is 5.75. The highest BCUT2D eigenvalue weighted by atomic mass is 16.5. The van der Waals surface area contributed by atoms with E-state index in [9.17, 15) is 14.4 Å². The molecule has 2 aromatic heterocycles. The van der Waals surface area contributed by atoms with Gasteiger partial charge in [-0.1, -0.05) is 0 Å². The molecule has 20 heavy (non-hydrogen) atoms. The highest BCUT2D eigenvalue weighted by Gasteiger charge is 2.16. The Hall–Kier alpha value is -2.38. The van der Waals surface area contributed by atoms with Crippen LogP contribution in [0, 0.1) is 0 Å². The molecule has 2 heterocycles. The zero-order chi connectivity index (χ0) is 15.0. The van der Waals surface area contributed by atoms with Crippen LogP contribution in [-0.4, -0.2) is 30.8 Å². The molecule has 0 saturated heterocycles. The van der Waals surface area contributed by atoms with E-state index in [2.05, 4.69) is 4.98 Å². The second-order valence-electron chi connectivity index (χ2n) is 4.79. The molecular weight excluding hydrogens is 264 g/mol. The smallest absolute Gasteiger partial charge is 0.332 e. The van der Waals surface area contributed by atoms with E-state index in [4.69, 9.17) is 4.74 Å². The van der Waals surface area contributed by atoms with Gasteiger partial charge < -0.3 is 9.30 Å². The van der Waals surface area contributed by atoms with Gasteiger partial charge in [0.2, 0.25) is 0 Å². The van der Waals surface area contributed by atoms with Crippen molar-refractivity contribution in [1.29, 1.82) is 0 Å². The summed E-state index contributed by atoms with van der Waals surface area (Å²) in [6.45, 7) is 3.36. The molecule has 0 unspecified atom stereocenters. The van der Waals surface area contributed by atoms with Gasteiger partial charge in [-0.05, 0) is 13.8 Å². The van der Waals surface area contributed by atoms with Crippen LogP contribution in [0.5, 0.6) is 0 Å². The molecule has 0 aliphatic heterocycles. The summed E-state index contributed by atoms with van der Waals surface area (Å²) in [7, 11) is 2.90. The number of carbonyl (C=O) groups is 1. The minimum absolute atomic E-state index is 0.123. The van der Waals surface area contributed by atoms with Gasteiger partial charge in [0.15, 0.2) is 11.2 Å². The van der Waals surface area contributed by atoms with Gasteiger partial charge in [-0.3, -0.25) is 18.7 Å². The molecule has 2 rings (SSSR count). The minimum Gasteiger partial charge on any atom is -0.462 e. The zero-order valence-electron chi connectivity index (χ0n) is 11.8. The predicted molar refractivity (Wildman–Crippen MR) is 71.4 cm³/mol. The van der Waals surface area contributed by atoms with E-state index in [1.54, 1.807) is 13.8 Å². The first kappa shape index (κ1) is 14.0. The lowest BCUT2D eigenvalue weighted by atomic mass is 10.4. The average molecular weight is 280 g/mol. The van der Waals surface area contributed by atoms with Crippen LogP contribution in [0.2, 0.25) is 0 Å². The van der Waals surface area contributed by atoms with E-state index < -0.39 is 17.2 Å². The Morgan fingerprint density at radius 1 is 1.30 bits per heavy atom. The molecule has 108 valence electrons. The Morgan fingerprint density at radius 2 is 1.95 bits per heavy atom. The van der Waals surface area contributed by atoms with Gasteiger partial charge in [0.1, 0.15) is 6.54 Å². The maximum atomic E-state index is 12.1. The first-order valence-corrected chi connectivity index (χ1v) is 6.13. The second-order valence-corrected chi connectivity index (χ2v) is 4.79. The van der Waals surface area contributed by atoms with E-state index in [1.807, 2.05) is 0 Å².